The molecule has 2 amide bonds. The van der Waals surface area contributed by atoms with Gasteiger partial charge in [0, 0.05) is 49.0 Å². The van der Waals surface area contributed by atoms with Gasteiger partial charge >= 0.3 is 6.03 Å². The van der Waals surface area contributed by atoms with Gasteiger partial charge < -0.3 is 20.4 Å². The Balaban J connectivity index is 1.17. The lowest BCUT2D eigenvalue weighted by molar-refractivity contribution is 0.192. The van der Waals surface area contributed by atoms with Crippen LogP contribution in [-0.2, 0) is 5.41 Å². The number of likely N-dealkylation sites (N-methyl/N-ethyl adjacent to an activating group) is 1. The van der Waals surface area contributed by atoms with Crippen LogP contribution in [0.2, 0.25) is 0 Å². The molecule has 30 heavy (non-hydrogen) atoms. The number of amides is 2. The molecule has 5 rings (SSSR count). The average molecular weight is 409 g/mol. The maximum absolute atomic E-state index is 13.2. The largest absolute Gasteiger partial charge is 0.370 e. The number of carbonyl (C=O) groups is 1. The summed E-state index contributed by atoms with van der Waals surface area (Å²) in [6.07, 6.45) is 3.18. The summed E-state index contributed by atoms with van der Waals surface area (Å²) in [7, 11) is 2.01. The van der Waals surface area contributed by atoms with Gasteiger partial charge in [0.25, 0.3) is 0 Å². The average Bonchev–Trinajstić information content (AvgIpc) is 3.32. The summed E-state index contributed by atoms with van der Waals surface area (Å²) in [5, 5.41) is 6.39. The van der Waals surface area contributed by atoms with E-state index in [1.54, 1.807) is 12.1 Å². The first-order chi connectivity index (χ1) is 14.6. The molecule has 5 nitrogen and oxygen atoms in total. The number of nitrogens with one attached hydrogen (secondary N) is 2. The van der Waals surface area contributed by atoms with Gasteiger partial charge in [-0.2, -0.15) is 0 Å². The number of anilines is 2. The SMILES string of the molecule is CNC1CCN(c2ccc(NC(=O)N3CCC4(c5ccc(F)cc5)CC4C3)cc2)C1. The molecule has 0 aromatic heterocycles. The van der Waals surface area contributed by atoms with Gasteiger partial charge in [0.2, 0.25) is 0 Å². The van der Waals surface area contributed by atoms with E-state index in [0.717, 1.165) is 51.1 Å². The Kier molecular flexibility index (Phi) is 4.89. The minimum Gasteiger partial charge on any atom is -0.370 e. The number of rotatable bonds is 4. The van der Waals surface area contributed by atoms with Gasteiger partial charge in [-0.1, -0.05) is 12.1 Å². The smallest absolute Gasteiger partial charge is 0.321 e. The van der Waals surface area contributed by atoms with Crippen LogP contribution in [0.1, 0.15) is 24.8 Å². The van der Waals surface area contributed by atoms with Crippen LogP contribution in [0.15, 0.2) is 48.5 Å². The molecule has 0 radical (unpaired) electrons. The number of benzene rings is 2. The number of carbonyl (C=O) groups excluding carboxylic acids is 1. The quantitative estimate of drug-likeness (QED) is 0.809. The monoisotopic (exact) mass is 408 g/mol. The second-order valence-corrected chi connectivity index (χ2v) is 8.96. The Morgan fingerprint density at radius 2 is 1.83 bits per heavy atom. The van der Waals surface area contributed by atoms with Crippen molar-refractivity contribution in [3.8, 4) is 0 Å². The topological polar surface area (TPSA) is 47.6 Å². The highest BCUT2D eigenvalue weighted by molar-refractivity contribution is 5.89. The van der Waals surface area contributed by atoms with Crippen molar-refractivity contribution in [1.29, 1.82) is 0 Å². The van der Waals surface area contributed by atoms with Gasteiger partial charge in [0.05, 0.1) is 0 Å². The lowest BCUT2D eigenvalue weighted by atomic mass is 9.87. The summed E-state index contributed by atoms with van der Waals surface area (Å²) in [5.74, 6) is 0.280. The molecule has 3 aliphatic rings. The Labute approximate surface area is 177 Å². The van der Waals surface area contributed by atoms with E-state index in [4.69, 9.17) is 0 Å². The van der Waals surface area contributed by atoms with E-state index in [9.17, 15) is 9.18 Å². The highest BCUT2D eigenvalue weighted by Crippen LogP contribution is 2.59. The molecule has 6 heteroatoms. The summed E-state index contributed by atoms with van der Waals surface area (Å²) in [6.45, 7) is 3.58. The van der Waals surface area contributed by atoms with E-state index in [-0.39, 0.29) is 17.3 Å². The molecule has 0 bridgehead atoms. The molecular weight excluding hydrogens is 379 g/mol. The van der Waals surface area contributed by atoms with E-state index >= 15 is 0 Å². The predicted molar refractivity (Wildman–Crippen MR) is 118 cm³/mol. The minimum atomic E-state index is -0.193. The van der Waals surface area contributed by atoms with Gasteiger partial charge in [-0.3, -0.25) is 0 Å². The summed E-state index contributed by atoms with van der Waals surface area (Å²) >= 11 is 0. The van der Waals surface area contributed by atoms with Crippen molar-refractivity contribution in [1.82, 2.24) is 10.2 Å². The van der Waals surface area contributed by atoms with Crippen molar-refractivity contribution in [3.63, 3.8) is 0 Å². The highest BCUT2D eigenvalue weighted by Gasteiger charge is 2.57. The summed E-state index contributed by atoms with van der Waals surface area (Å²) in [5.41, 5.74) is 3.39. The lowest BCUT2D eigenvalue weighted by Crippen LogP contribution is -2.42. The number of hydrogen-bond donors (Lipinski definition) is 2. The van der Waals surface area contributed by atoms with Crippen molar-refractivity contribution in [2.45, 2.75) is 30.7 Å². The van der Waals surface area contributed by atoms with Gasteiger partial charge in [-0.15, -0.1) is 0 Å². The maximum Gasteiger partial charge on any atom is 0.321 e. The van der Waals surface area contributed by atoms with Crippen molar-refractivity contribution in [3.05, 3.63) is 59.9 Å². The molecule has 2 N–H and O–H groups in total. The van der Waals surface area contributed by atoms with E-state index < -0.39 is 0 Å². The Morgan fingerprint density at radius 3 is 2.50 bits per heavy atom. The third kappa shape index (κ3) is 3.54. The second-order valence-electron chi connectivity index (χ2n) is 8.96. The zero-order valence-corrected chi connectivity index (χ0v) is 17.4. The number of hydrogen-bond acceptors (Lipinski definition) is 3. The molecule has 2 heterocycles. The molecule has 1 aliphatic carbocycles. The molecule has 1 saturated carbocycles. The summed E-state index contributed by atoms with van der Waals surface area (Å²) < 4.78 is 13.2. The second kappa shape index (κ2) is 7.58. The van der Waals surface area contributed by atoms with Crippen LogP contribution >= 0.6 is 0 Å². The highest BCUT2D eigenvalue weighted by atomic mass is 19.1. The fourth-order valence-corrected chi connectivity index (χ4v) is 5.27. The molecular formula is C24H29FN4O. The van der Waals surface area contributed by atoms with Gasteiger partial charge in [0.1, 0.15) is 5.82 Å². The third-order valence-corrected chi connectivity index (χ3v) is 7.29. The molecule has 158 valence electrons. The normalized spacial score (nSPS) is 27.7. The Morgan fingerprint density at radius 1 is 1.07 bits per heavy atom. The Bertz CT molecular complexity index is 916. The predicted octanol–water partition coefficient (Wildman–Crippen LogP) is 3.82. The molecule has 3 fully saturated rings. The summed E-state index contributed by atoms with van der Waals surface area (Å²) in [4.78, 5) is 17.1. The van der Waals surface area contributed by atoms with Gasteiger partial charge in [-0.05, 0) is 74.2 Å². The number of urea groups is 1. The first-order valence-corrected chi connectivity index (χ1v) is 10.9. The van der Waals surface area contributed by atoms with Crippen LogP contribution in [0, 0.1) is 11.7 Å². The number of piperidine rings is 1. The first-order valence-electron chi connectivity index (χ1n) is 10.9. The molecule has 3 unspecified atom stereocenters. The molecule has 2 aromatic carbocycles. The zero-order valence-electron chi connectivity index (χ0n) is 17.4. The van der Waals surface area contributed by atoms with Crippen LogP contribution in [0.5, 0.6) is 0 Å². The molecule has 3 atom stereocenters. The lowest BCUT2D eigenvalue weighted by Gasteiger charge is -2.32. The fourth-order valence-electron chi connectivity index (χ4n) is 5.27. The standard InChI is InChI=1S/C24H29FN4O/c1-26-21-10-12-28(16-21)22-8-6-20(7-9-22)27-23(30)29-13-11-24(14-18(24)15-29)17-2-4-19(25)5-3-17/h2-9,18,21,26H,10-16H2,1H3,(H,27,30). The van der Waals surface area contributed by atoms with E-state index in [1.807, 2.05) is 36.2 Å². The third-order valence-electron chi connectivity index (χ3n) is 7.29. The van der Waals surface area contributed by atoms with Crippen LogP contribution < -0.4 is 15.5 Å². The van der Waals surface area contributed by atoms with Crippen molar-refractivity contribution in [2.75, 3.05) is 43.4 Å². The van der Waals surface area contributed by atoms with Gasteiger partial charge in [-0.25, -0.2) is 9.18 Å². The summed E-state index contributed by atoms with van der Waals surface area (Å²) in [6, 6.07) is 15.6. The van der Waals surface area contributed by atoms with E-state index in [2.05, 4.69) is 27.7 Å². The van der Waals surface area contributed by atoms with Crippen LogP contribution in [0.4, 0.5) is 20.6 Å². The van der Waals surface area contributed by atoms with Crippen LogP contribution in [-0.4, -0.2) is 50.2 Å². The minimum absolute atomic E-state index is 0.0289. The van der Waals surface area contributed by atoms with Gasteiger partial charge in [0.15, 0.2) is 0 Å². The van der Waals surface area contributed by atoms with Crippen LogP contribution in [0.3, 0.4) is 0 Å². The van der Waals surface area contributed by atoms with Crippen molar-refractivity contribution in [2.24, 2.45) is 5.92 Å². The first kappa shape index (κ1) is 19.4. The van der Waals surface area contributed by atoms with Crippen LogP contribution in [0.25, 0.3) is 0 Å². The zero-order chi connectivity index (χ0) is 20.7. The van der Waals surface area contributed by atoms with Crippen molar-refractivity contribution < 1.29 is 9.18 Å². The molecule has 2 aliphatic heterocycles. The maximum atomic E-state index is 13.2. The Hall–Kier alpha value is -2.60. The van der Waals surface area contributed by atoms with E-state index in [0.29, 0.717) is 12.0 Å². The fraction of sp³-hybridized carbons (Fsp3) is 0.458. The molecule has 2 aromatic rings. The van der Waals surface area contributed by atoms with E-state index in [1.165, 1.54) is 11.3 Å². The van der Waals surface area contributed by atoms with Crippen molar-refractivity contribution >= 4 is 17.4 Å². The molecule has 2 saturated heterocycles. The number of halogens is 1. The molecule has 0 spiro atoms. The number of nitrogens with zero attached hydrogens (tertiary/aromatic N) is 2. The number of fused-ring (bicyclic) bond motifs is 1. The number of likely N-dealkylation sites (tertiary alicyclic amines) is 1.